The lowest BCUT2D eigenvalue weighted by molar-refractivity contribution is 0.622. The number of aromatic amines is 1. The summed E-state index contributed by atoms with van der Waals surface area (Å²) in [5.74, 6) is 2.78. The molecular weight excluding hydrogens is 266 g/mol. The van der Waals surface area contributed by atoms with Gasteiger partial charge < -0.3 is 5.32 Å². The Bertz CT molecular complexity index is 682. The standard InChI is InChI=1S/C11H15N5O2S/c1-7-12-9(6-10-14-15-11(17)16(7)10)13-8-2-4-19(18)5-3-8/h6,8,13H,2-5H2,1H3,(H,15,17). The third kappa shape index (κ3) is 2.40. The van der Waals surface area contributed by atoms with Crippen molar-refractivity contribution >= 4 is 22.3 Å². The second kappa shape index (κ2) is 4.76. The van der Waals surface area contributed by atoms with E-state index in [1.807, 2.05) is 0 Å². The van der Waals surface area contributed by atoms with E-state index in [1.54, 1.807) is 13.0 Å². The highest BCUT2D eigenvalue weighted by molar-refractivity contribution is 7.85. The van der Waals surface area contributed by atoms with Crippen LogP contribution in [0.2, 0.25) is 0 Å². The first-order valence-electron chi connectivity index (χ1n) is 6.20. The zero-order chi connectivity index (χ0) is 13.4. The molecule has 2 aromatic heterocycles. The fourth-order valence-electron chi connectivity index (χ4n) is 2.32. The van der Waals surface area contributed by atoms with Crippen LogP contribution in [0.15, 0.2) is 10.9 Å². The topological polar surface area (TPSA) is 92.2 Å². The Hall–Kier alpha value is -1.70. The van der Waals surface area contributed by atoms with Crippen molar-refractivity contribution < 1.29 is 4.21 Å². The zero-order valence-corrected chi connectivity index (χ0v) is 11.4. The summed E-state index contributed by atoms with van der Waals surface area (Å²) in [6, 6.07) is 2.04. The second-order valence-electron chi connectivity index (χ2n) is 4.68. The van der Waals surface area contributed by atoms with Crippen LogP contribution in [0.5, 0.6) is 0 Å². The lowest BCUT2D eigenvalue weighted by Crippen LogP contribution is -2.30. The van der Waals surface area contributed by atoms with Crippen molar-refractivity contribution in [3.63, 3.8) is 0 Å². The van der Waals surface area contributed by atoms with E-state index in [2.05, 4.69) is 20.5 Å². The van der Waals surface area contributed by atoms with Gasteiger partial charge in [0.05, 0.1) is 0 Å². The molecule has 0 bridgehead atoms. The van der Waals surface area contributed by atoms with Gasteiger partial charge in [0, 0.05) is 34.4 Å². The Balaban J connectivity index is 1.85. The van der Waals surface area contributed by atoms with Gasteiger partial charge in [-0.25, -0.2) is 19.3 Å². The number of fused-ring (bicyclic) bond motifs is 1. The summed E-state index contributed by atoms with van der Waals surface area (Å²) in [6.45, 7) is 1.77. The smallest absolute Gasteiger partial charge is 0.349 e. The molecule has 0 amide bonds. The molecule has 2 aromatic rings. The van der Waals surface area contributed by atoms with Crippen molar-refractivity contribution in [1.29, 1.82) is 0 Å². The molecule has 0 unspecified atom stereocenters. The normalized spacial score (nSPS) is 23.6. The van der Waals surface area contributed by atoms with E-state index in [4.69, 9.17) is 0 Å². The van der Waals surface area contributed by atoms with E-state index in [9.17, 15) is 9.00 Å². The Morgan fingerprint density at radius 1 is 1.47 bits per heavy atom. The second-order valence-corrected chi connectivity index (χ2v) is 6.37. The average Bonchev–Trinajstić information content (AvgIpc) is 2.74. The first-order valence-corrected chi connectivity index (χ1v) is 7.68. The largest absolute Gasteiger partial charge is 0.367 e. The van der Waals surface area contributed by atoms with Crippen molar-refractivity contribution in [1.82, 2.24) is 19.6 Å². The van der Waals surface area contributed by atoms with Gasteiger partial charge in [-0.05, 0) is 19.8 Å². The number of nitrogens with one attached hydrogen (secondary N) is 2. The Morgan fingerprint density at radius 3 is 2.95 bits per heavy atom. The molecule has 0 radical (unpaired) electrons. The van der Waals surface area contributed by atoms with Gasteiger partial charge in [0.25, 0.3) is 0 Å². The van der Waals surface area contributed by atoms with E-state index >= 15 is 0 Å². The van der Waals surface area contributed by atoms with Crippen LogP contribution in [-0.4, -0.2) is 41.3 Å². The van der Waals surface area contributed by atoms with Crippen LogP contribution in [0.25, 0.3) is 5.65 Å². The predicted octanol–water partition coefficient (Wildman–Crippen LogP) is 0.0490. The third-order valence-electron chi connectivity index (χ3n) is 3.31. The first-order chi connectivity index (χ1) is 9.13. The van der Waals surface area contributed by atoms with E-state index in [0.29, 0.717) is 17.3 Å². The maximum Gasteiger partial charge on any atom is 0.349 e. The van der Waals surface area contributed by atoms with E-state index in [0.717, 1.165) is 24.3 Å². The van der Waals surface area contributed by atoms with Crippen molar-refractivity contribution in [2.24, 2.45) is 0 Å². The van der Waals surface area contributed by atoms with Crippen molar-refractivity contribution in [3.05, 3.63) is 22.4 Å². The van der Waals surface area contributed by atoms with Gasteiger partial charge in [0.1, 0.15) is 11.6 Å². The molecule has 7 nitrogen and oxygen atoms in total. The molecule has 19 heavy (non-hydrogen) atoms. The average molecular weight is 281 g/mol. The quantitative estimate of drug-likeness (QED) is 0.811. The maximum atomic E-state index is 11.5. The number of anilines is 1. The fourth-order valence-corrected chi connectivity index (χ4v) is 3.62. The van der Waals surface area contributed by atoms with Gasteiger partial charge in [0.2, 0.25) is 0 Å². The maximum absolute atomic E-state index is 11.5. The van der Waals surface area contributed by atoms with Crippen molar-refractivity contribution in [2.75, 3.05) is 16.8 Å². The molecule has 0 aromatic carbocycles. The molecular formula is C11H15N5O2S. The van der Waals surface area contributed by atoms with E-state index < -0.39 is 10.8 Å². The highest BCUT2D eigenvalue weighted by atomic mass is 32.2. The Labute approximate surface area is 111 Å². The van der Waals surface area contributed by atoms with Gasteiger partial charge in [0.15, 0.2) is 5.65 Å². The highest BCUT2D eigenvalue weighted by Crippen LogP contribution is 2.16. The summed E-state index contributed by atoms with van der Waals surface area (Å²) in [7, 11) is -0.665. The lowest BCUT2D eigenvalue weighted by Gasteiger charge is -2.23. The van der Waals surface area contributed by atoms with Gasteiger partial charge in [-0.15, -0.1) is 0 Å². The summed E-state index contributed by atoms with van der Waals surface area (Å²) < 4.78 is 12.7. The van der Waals surface area contributed by atoms with Crippen molar-refractivity contribution in [3.8, 4) is 0 Å². The van der Waals surface area contributed by atoms with Gasteiger partial charge >= 0.3 is 5.69 Å². The van der Waals surface area contributed by atoms with Crippen LogP contribution in [-0.2, 0) is 10.8 Å². The van der Waals surface area contributed by atoms with E-state index in [1.165, 1.54) is 4.40 Å². The van der Waals surface area contributed by atoms with Crippen LogP contribution in [0.4, 0.5) is 5.82 Å². The molecule has 102 valence electrons. The van der Waals surface area contributed by atoms with Gasteiger partial charge in [-0.1, -0.05) is 0 Å². The first kappa shape index (κ1) is 12.3. The highest BCUT2D eigenvalue weighted by Gasteiger charge is 2.18. The Morgan fingerprint density at radius 2 is 2.21 bits per heavy atom. The number of nitrogens with zero attached hydrogens (tertiary/aromatic N) is 3. The molecule has 0 atom stereocenters. The third-order valence-corrected chi connectivity index (χ3v) is 4.69. The minimum Gasteiger partial charge on any atom is -0.367 e. The summed E-state index contributed by atoms with van der Waals surface area (Å²) in [6.07, 6.45) is 1.76. The molecule has 0 saturated carbocycles. The number of H-pyrrole nitrogens is 1. The molecule has 3 heterocycles. The minimum atomic E-state index is -0.665. The minimum absolute atomic E-state index is 0.278. The number of aromatic nitrogens is 4. The van der Waals surface area contributed by atoms with Crippen LogP contribution in [0, 0.1) is 6.92 Å². The molecule has 0 spiro atoms. The summed E-state index contributed by atoms with van der Waals surface area (Å²) in [5, 5.41) is 9.67. The number of aryl methyl sites for hydroxylation is 1. The molecule has 1 aliphatic heterocycles. The number of hydrogen-bond donors (Lipinski definition) is 2. The monoisotopic (exact) mass is 281 g/mol. The SMILES string of the molecule is Cc1nc(NC2CCS(=O)CC2)cc2n[nH]c(=O)n12. The summed E-state index contributed by atoms with van der Waals surface area (Å²) in [5.41, 5.74) is 0.277. The van der Waals surface area contributed by atoms with Crippen LogP contribution < -0.4 is 11.0 Å². The molecule has 3 rings (SSSR count). The Kier molecular flexibility index (Phi) is 3.09. The number of hydrogen-bond acceptors (Lipinski definition) is 5. The summed E-state index contributed by atoms with van der Waals surface area (Å²) >= 11 is 0. The molecule has 1 saturated heterocycles. The molecule has 1 fully saturated rings. The fraction of sp³-hybridized carbons (Fsp3) is 0.545. The predicted molar refractivity (Wildman–Crippen MR) is 72.9 cm³/mol. The molecule has 2 N–H and O–H groups in total. The van der Waals surface area contributed by atoms with Crippen LogP contribution in [0.1, 0.15) is 18.7 Å². The number of rotatable bonds is 2. The van der Waals surface area contributed by atoms with Crippen molar-refractivity contribution in [2.45, 2.75) is 25.8 Å². The van der Waals surface area contributed by atoms with Crippen LogP contribution in [0.3, 0.4) is 0 Å². The summed E-state index contributed by atoms with van der Waals surface area (Å²) in [4.78, 5) is 15.9. The molecule has 8 heteroatoms. The van der Waals surface area contributed by atoms with E-state index in [-0.39, 0.29) is 11.7 Å². The van der Waals surface area contributed by atoms with Gasteiger partial charge in [-0.2, -0.15) is 5.10 Å². The molecule has 1 aliphatic rings. The van der Waals surface area contributed by atoms with Gasteiger partial charge in [-0.3, -0.25) is 4.21 Å². The van der Waals surface area contributed by atoms with Crippen LogP contribution >= 0.6 is 0 Å². The zero-order valence-electron chi connectivity index (χ0n) is 10.5. The molecule has 0 aliphatic carbocycles. The lowest BCUT2D eigenvalue weighted by atomic mass is 10.1.